The summed E-state index contributed by atoms with van der Waals surface area (Å²) >= 11 is 1.64. The van der Waals surface area contributed by atoms with Crippen molar-refractivity contribution in [1.29, 1.82) is 0 Å². The molecule has 0 unspecified atom stereocenters. The van der Waals surface area contributed by atoms with E-state index < -0.39 is 0 Å². The Morgan fingerprint density at radius 1 is 0.730 bits per heavy atom. The van der Waals surface area contributed by atoms with Gasteiger partial charge in [-0.15, -0.1) is 11.3 Å². The highest BCUT2D eigenvalue weighted by atomic mass is 32.1. The number of pyridine rings is 2. The van der Waals surface area contributed by atoms with E-state index in [2.05, 4.69) is 60.4 Å². The third-order valence-electron chi connectivity index (χ3n) is 5.84. The van der Waals surface area contributed by atoms with Gasteiger partial charge in [0, 0.05) is 55.8 Å². The lowest BCUT2D eigenvalue weighted by atomic mass is 10.2. The molecule has 0 aliphatic rings. The molecule has 5 aromatic heterocycles. The quantitative estimate of drug-likeness (QED) is 0.270. The lowest BCUT2D eigenvalue weighted by Crippen LogP contribution is -2.24. The number of anilines is 1. The minimum absolute atomic E-state index is 0.665. The number of rotatable bonds is 6. The predicted octanol–water partition coefficient (Wildman–Crippen LogP) is 5.85. The normalized spacial score (nSPS) is 10.7. The number of aromatic nitrogens is 5. The lowest BCUT2D eigenvalue weighted by Gasteiger charge is -2.25. The van der Waals surface area contributed by atoms with E-state index in [-0.39, 0.29) is 0 Å². The van der Waals surface area contributed by atoms with Crippen molar-refractivity contribution in [1.82, 2.24) is 24.3 Å². The van der Waals surface area contributed by atoms with Crippen LogP contribution in [-0.4, -0.2) is 24.3 Å². The summed E-state index contributed by atoms with van der Waals surface area (Å²) in [6, 6.07) is 22.3. The maximum absolute atomic E-state index is 5.01. The first kappa shape index (κ1) is 22.7. The molecule has 6 nitrogen and oxygen atoms in total. The summed E-state index contributed by atoms with van der Waals surface area (Å²) in [5.74, 6) is 7.56. The van der Waals surface area contributed by atoms with E-state index in [1.165, 1.54) is 0 Å². The standard InChI is InChI=1S/C30H22N6S/c1-2-6-23(7-3-1)10-11-26-12-13-27(37-26)29-30(36-17-16-33-20-28(36)34-29)35(21-24-8-4-14-31-18-24)22-25-9-5-15-32-19-25/h1-9,12-20H,21-22H2. The van der Waals surface area contributed by atoms with Gasteiger partial charge >= 0.3 is 0 Å². The van der Waals surface area contributed by atoms with E-state index >= 15 is 0 Å². The third-order valence-corrected chi connectivity index (χ3v) is 6.85. The fourth-order valence-electron chi connectivity index (χ4n) is 4.18. The zero-order valence-electron chi connectivity index (χ0n) is 19.9. The molecule has 6 aromatic rings. The Hall–Kier alpha value is -4.80. The number of hydrogen-bond donors (Lipinski definition) is 0. The number of nitrogens with zero attached hydrogens (tertiary/aromatic N) is 6. The van der Waals surface area contributed by atoms with Crippen LogP contribution < -0.4 is 4.90 Å². The van der Waals surface area contributed by atoms with Crippen LogP contribution in [0.2, 0.25) is 0 Å². The van der Waals surface area contributed by atoms with Crippen molar-refractivity contribution >= 4 is 22.8 Å². The molecule has 7 heteroatoms. The predicted molar refractivity (Wildman–Crippen MR) is 147 cm³/mol. The number of benzene rings is 1. The smallest absolute Gasteiger partial charge is 0.157 e. The maximum Gasteiger partial charge on any atom is 0.157 e. The molecule has 1 aromatic carbocycles. The molecule has 0 spiro atoms. The zero-order valence-corrected chi connectivity index (χ0v) is 20.7. The zero-order chi connectivity index (χ0) is 24.9. The van der Waals surface area contributed by atoms with Crippen molar-refractivity contribution in [2.75, 3.05) is 4.90 Å². The van der Waals surface area contributed by atoms with Crippen LogP contribution in [0.1, 0.15) is 21.6 Å². The van der Waals surface area contributed by atoms with Crippen LogP contribution in [0.5, 0.6) is 0 Å². The average molecular weight is 499 g/mol. The van der Waals surface area contributed by atoms with Gasteiger partial charge in [-0.2, -0.15) is 0 Å². The van der Waals surface area contributed by atoms with Gasteiger partial charge in [0.15, 0.2) is 5.65 Å². The van der Waals surface area contributed by atoms with E-state index in [4.69, 9.17) is 4.98 Å². The van der Waals surface area contributed by atoms with Gasteiger partial charge < -0.3 is 4.90 Å². The van der Waals surface area contributed by atoms with Crippen molar-refractivity contribution < 1.29 is 0 Å². The monoisotopic (exact) mass is 498 g/mol. The van der Waals surface area contributed by atoms with E-state index in [1.54, 1.807) is 36.1 Å². The third kappa shape index (κ3) is 5.10. The molecular formula is C30H22N6S. The molecule has 0 radical (unpaired) electrons. The summed E-state index contributed by atoms with van der Waals surface area (Å²) in [4.78, 5) is 22.4. The van der Waals surface area contributed by atoms with Crippen LogP contribution in [0.15, 0.2) is 110 Å². The van der Waals surface area contributed by atoms with Crippen LogP contribution in [0.25, 0.3) is 16.2 Å². The van der Waals surface area contributed by atoms with Crippen molar-refractivity contribution in [2.24, 2.45) is 0 Å². The van der Waals surface area contributed by atoms with Gasteiger partial charge in [-0.3, -0.25) is 19.4 Å². The number of thiophene rings is 1. The highest BCUT2D eigenvalue weighted by molar-refractivity contribution is 7.16. The lowest BCUT2D eigenvalue weighted by molar-refractivity contribution is 0.773. The molecule has 0 aliphatic carbocycles. The molecule has 0 saturated carbocycles. The highest BCUT2D eigenvalue weighted by Gasteiger charge is 2.22. The fraction of sp³-hybridized carbons (Fsp3) is 0.0667. The molecule has 37 heavy (non-hydrogen) atoms. The van der Waals surface area contributed by atoms with Gasteiger partial charge in [-0.25, -0.2) is 4.98 Å². The Bertz CT molecular complexity index is 1640. The van der Waals surface area contributed by atoms with Crippen LogP contribution >= 0.6 is 11.3 Å². The van der Waals surface area contributed by atoms with Crippen LogP contribution in [-0.2, 0) is 13.1 Å². The van der Waals surface area contributed by atoms with Gasteiger partial charge in [0.1, 0.15) is 11.5 Å². The molecule has 0 bridgehead atoms. The average Bonchev–Trinajstić information content (AvgIpc) is 3.58. The van der Waals surface area contributed by atoms with Gasteiger partial charge in [0.25, 0.3) is 0 Å². The second-order valence-corrected chi connectivity index (χ2v) is 9.53. The maximum atomic E-state index is 5.01. The first-order valence-electron chi connectivity index (χ1n) is 11.9. The van der Waals surface area contributed by atoms with E-state index in [0.29, 0.717) is 13.1 Å². The highest BCUT2D eigenvalue weighted by Crippen LogP contribution is 2.37. The summed E-state index contributed by atoms with van der Waals surface area (Å²) in [5.41, 5.74) is 4.92. The second kappa shape index (κ2) is 10.4. The van der Waals surface area contributed by atoms with Crippen molar-refractivity contribution in [3.63, 3.8) is 0 Å². The number of imidazole rings is 1. The van der Waals surface area contributed by atoms with Crippen LogP contribution in [0, 0.1) is 11.8 Å². The summed E-state index contributed by atoms with van der Waals surface area (Å²) in [6.45, 7) is 1.33. The minimum atomic E-state index is 0.665. The summed E-state index contributed by atoms with van der Waals surface area (Å²) in [7, 11) is 0. The Morgan fingerprint density at radius 3 is 2.16 bits per heavy atom. The molecule has 0 fully saturated rings. The Kier molecular flexibility index (Phi) is 6.39. The Balaban J connectivity index is 1.44. The van der Waals surface area contributed by atoms with Gasteiger partial charge in [-0.1, -0.05) is 42.2 Å². The molecule has 6 rings (SSSR count). The molecule has 178 valence electrons. The molecule has 5 heterocycles. The van der Waals surface area contributed by atoms with Crippen molar-refractivity contribution in [3.05, 3.63) is 132 Å². The fourth-order valence-corrected chi connectivity index (χ4v) is 5.02. The van der Waals surface area contributed by atoms with Crippen LogP contribution in [0.4, 0.5) is 5.82 Å². The topological polar surface area (TPSA) is 59.2 Å². The van der Waals surface area contributed by atoms with Gasteiger partial charge in [0.05, 0.1) is 16.0 Å². The van der Waals surface area contributed by atoms with Gasteiger partial charge in [-0.05, 0) is 47.5 Å². The Labute approximate surface area is 219 Å². The van der Waals surface area contributed by atoms with Gasteiger partial charge in [0.2, 0.25) is 0 Å². The molecular weight excluding hydrogens is 476 g/mol. The number of hydrogen-bond acceptors (Lipinski definition) is 6. The first-order chi connectivity index (χ1) is 18.3. The molecule has 0 aliphatic heterocycles. The van der Waals surface area contributed by atoms with Crippen molar-refractivity contribution in [3.8, 4) is 22.4 Å². The molecule has 0 N–H and O–H groups in total. The van der Waals surface area contributed by atoms with E-state index in [1.807, 2.05) is 61.1 Å². The molecule has 0 saturated heterocycles. The minimum Gasteiger partial charge on any atom is -0.347 e. The summed E-state index contributed by atoms with van der Waals surface area (Å²) in [6.07, 6.45) is 13.0. The molecule has 0 atom stereocenters. The van der Waals surface area contributed by atoms with E-state index in [0.717, 1.165) is 43.6 Å². The SMILES string of the molecule is C(#Cc1ccc(-c2nc3cnccn3c2N(Cc2cccnc2)Cc2cccnc2)s1)c1ccccc1. The largest absolute Gasteiger partial charge is 0.347 e. The molecule has 0 amide bonds. The second-order valence-electron chi connectivity index (χ2n) is 8.45. The van der Waals surface area contributed by atoms with Crippen LogP contribution in [0.3, 0.4) is 0 Å². The van der Waals surface area contributed by atoms with E-state index in [9.17, 15) is 0 Å². The number of fused-ring (bicyclic) bond motifs is 1. The Morgan fingerprint density at radius 2 is 1.46 bits per heavy atom. The summed E-state index contributed by atoms with van der Waals surface area (Å²) < 4.78 is 2.10. The first-order valence-corrected chi connectivity index (χ1v) is 12.7. The summed E-state index contributed by atoms with van der Waals surface area (Å²) in [5, 5.41) is 0. The van der Waals surface area contributed by atoms with Crippen molar-refractivity contribution in [2.45, 2.75) is 13.1 Å².